The summed E-state index contributed by atoms with van der Waals surface area (Å²) in [6.45, 7) is 0. The third kappa shape index (κ3) is 2.53. The van der Waals surface area contributed by atoms with Gasteiger partial charge in [-0.25, -0.2) is 0 Å². The summed E-state index contributed by atoms with van der Waals surface area (Å²) in [4.78, 5) is 8.25. The number of para-hydroxylation sites is 1. The van der Waals surface area contributed by atoms with Crippen LogP contribution < -0.4 is 5.73 Å². The van der Waals surface area contributed by atoms with Crippen LogP contribution in [0.5, 0.6) is 0 Å². The van der Waals surface area contributed by atoms with Crippen LogP contribution in [0.3, 0.4) is 0 Å². The van der Waals surface area contributed by atoms with Gasteiger partial charge < -0.3 is 5.73 Å². The second-order valence-corrected chi connectivity index (χ2v) is 3.40. The van der Waals surface area contributed by atoms with Crippen molar-refractivity contribution in [2.45, 2.75) is 12.8 Å². The van der Waals surface area contributed by atoms with Crippen molar-refractivity contribution >= 4 is 5.69 Å². The Bertz CT molecular complexity index is 426. The highest BCUT2D eigenvalue weighted by atomic mass is 14.8. The van der Waals surface area contributed by atoms with Gasteiger partial charge in [0.2, 0.25) is 0 Å². The van der Waals surface area contributed by atoms with Crippen LogP contribution in [0.1, 0.15) is 11.3 Å². The molecule has 0 unspecified atom stereocenters. The molecular formula is C12H13N3. The monoisotopic (exact) mass is 199 g/mol. The Morgan fingerprint density at radius 3 is 2.67 bits per heavy atom. The van der Waals surface area contributed by atoms with Gasteiger partial charge in [-0.3, -0.25) is 9.97 Å². The van der Waals surface area contributed by atoms with E-state index in [2.05, 4.69) is 9.97 Å². The molecule has 15 heavy (non-hydrogen) atoms. The SMILES string of the molecule is Nc1ccccc1CCc1cnccn1. The Kier molecular flexibility index (Phi) is 2.93. The number of benzene rings is 1. The molecule has 2 rings (SSSR count). The highest BCUT2D eigenvalue weighted by Crippen LogP contribution is 2.12. The summed E-state index contributed by atoms with van der Waals surface area (Å²) in [5.41, 5.74) is 8.87. The van der Waals surface area contributed by atoms with E-state index in [0.717, 1.165) is 24.2 Å². The maximum absolute atomic E-state index is 5.85. The first-order valence-electron chi connectivity index (χ1n) is 4.94. The van der Waals surface area contributed by atoms with Crippen molar-refractivity contribution in [3.05, 3.63) is 54.1 Å². The molecule has 1 aromatic heterocycles. The third-order valence-electron chi connectivity index (χ3n) is 2.32. The summed E-state index contributed by atoms with van der Waals surface area (Å²) >= 11 is 0. The zero-order chi connectivity index (χ0) is 10.5. The maximum Gasteiger partial charge on any atom is 0.0589 e. The summed E-state index contributed by atoms with van der Waals surface area (Å²) in [6.07, 6.45) is 6.97. The van der Waals surface area contributed by atoms with E-state index in [1.54, 1.807) is 18.6 Å². The highest BCUT2D eigenvalue weighted by molar-refractivity contribution is 5.46. The van der Waals surface area contributed by atoms with E-state index in [1.165, 1.54) is 5.56 Å². The summed E-state index contributed by atoms with van der Waals surface area (Å²) in [7, 11) is 0. The first-order chi connectivity index (χ1) is 7.36. The fraction of sp³-hybridized carbons (Fsp3) is 0.167. The van der Waals surface area contributed by atoms with Crippen molar-refractivity contribution in [1.29, 1.82) is 0 Å². The standard InChI is InChI=1S/C12H13N3/c13-12-4-2-1-3-10(12)5-6-11-9-14-7-8-15-11/h1-4,7-9H,5-6,13H2. The van der Waals surface area contributed by atoms with Crippen molar-refractivity contribution in [2.24, 2.45) is 0 Å². The molecule has 2 N–H and O–H groups in total. The van der Waals surface area contributed by atoms with Gasteiger partial charge in [0.25, 0.3) is 0 Å². The van der Waals surface area contributed by atoms with E-state index in [-0.39, 0.29) is 0 Å². The van der Waals surface area contributed by atoms with Crippen LogP contribution in [-0.4, -0.2) is 9.97 Å². The van der Waals surface area contributed by atoms with Gasteiger partial charge in [0.15, 0.2) is 0 Å². The van der Waals surface area contributed by atoms with E-state index < -0.39 is 0 Å². The van der Waals surface area contributed by atoms with Crippen molar-refractivity contribution < 1.29 is 0 Å². The molecule has 3 heteroatoms. The summed E-state index contributed by atoms with van der Waals surface area (Å²) in [5, 5.41) is 0. The van der Waals surface area contributed by atoms with Crippen LogP contribution >= 0.6 is 0 Å². The fourth-order valence-electron chi connectivity index (χ4n) is 1.48. The van der Waals surface area contributed by atoms with E-state index in [0.29, 0.717) is 0 Å². The van der Waals surface area contributed by atoms with E-state index in [4.69, 9.17) is 5.73 Å². The molecule has 0 atom stereocenters. The van der Waals surface area contributed by atoms with Crippen LogP contribution in [0, 0.1) is 0 Å². The average Bonchev–Trinajstić information content (AvgIpc) is 2.29. The second kappa shape index (κ2) is 4.55. The molecule has 1 aromatic carbocycles. The summed E-state index contributed by atoms with van der Waals surface area (Å²) < 4.78 is 0. The summed E-state index contributed by atoms with van der Waals surface area (Å²) in [6, 6.07) is 7.92. The number of aromatic nitrogens is 2. The number of nitrogens with zero attached hydrogens (tertiary/aromatic N) is 2. The molecule has 0 aliphatic carbocycles. The minimum absolute atomic E-state index is 0.849. The third-order valence-corrected chi connectivity index (χ3v) is 2.32. The number of nitrogen functional groups attached to an aromatic ring is 1. The van der Waals surface area contributed by atoms with E-state index in [1.807, 2.05) is 24.3 Å². The molecular weight excluding hydrogens is 186 g/mol. The molecule has 0 fully saturated rings. The molecule has 0 saturated carbocycles. The highest BCUT2D eigenvalue weighted by Gasteiger charge is 1.99. The van der Waals surface area contributed by atoms with Crippen molar-refractivity contribution in [1.82, 2.24) is 9.97 Å². The first-order valence-corrected chi connectivity index (χ1v) is 4.94. The number of rotatable bonds is 3. The Labute approximate surface area is 89.0 Å². The Balaban J connectivity index is 2.03. The zero-order valence-electron chi connectivity index (χ0n) is 8.43. The molecule has 2 aromatic rings. The quantitative estimate of drug-likeness (QED) is 0.767. The molecule has 0 saturated heterocycles. The van der Waals surface area contributed by atoms with E-state index in [9.17, 15) is 0 Å². The Morgan fingerprint density at radius 2 is 1.93 bits per heavy atom. The minimum Gasteiger partial charge on any atom is -0.399 e. The average molecular weight is 199 g/mol. The van der Waals surface area contributed by atoms with Gasteiger partial charge in [-0.05, 0) is 24.5 Å². The fourth-order valence-corrected chi connectivity index (χ4v) is 1.48. The maximum atomic E-state index is 5.85. The van der Waals surface area contributed by atoms with Gasteiger partial charge in [-0.15, -0.1) is 0 Å². The molecule has 1 heterocycles. The molecule has 0 bridgehead atoms. The Hall–Kier alpha value is -1.90. The van der Waals surface area contributed by atoms with Crippen molar-refractivity contribution in [3.8, 4) is 0 Å². The molecule has 76 valence electrons. The molecule has 0 aliphatic heterocycles. The van der Waals surface area contributed by atoms with Crippen LogP contribution in [0.15, 0.2) is 42.9 Å². The number of hydrogen-bond acceptors (Lipinski definition) is 3. The number of nitrogens with two attached hydrogens (primary N) is 1. The lowest BCUT2D eigenvalue weighted by Gasteiger charge is -2.04. The predicted molar refractivity (Wildman–Crippen MR) is 60.3 cm³/mol. The predicted octanol–water partition coefficient (Wildman–Crippen LogP) is 1.84. The lowest BCUT2D eigenvalue weighted by atomic mass is 10.1. The smallest absolute Gasteiger partial charge is 0.0589 e. The largest absolute Gasteiger partial charge is 0.399 e. The van der Waals surface area contributed by atoms with Crippen LogP contribution in [-0.2, 0) is 12.8 Å². The van der Waals surface area contributed by atoms with Crippen LogP contribution in [0.25, 0.3) is 0 Å². The Morgan fingerprint density at radius 1 is 1.07 bits per heavy atom. The van der Waals surface area contributed by atoms with Crippen LogP contribution in [0.4, 0.5) is 5.69 Å². The molecule has 3 nitrogen and oxygen atoms in total. The molecule has 0 spiro atoms. The molecule has 0 amide bonds. The van der Waals surface area contributed by atoms with Gasteiger partial charge >= 0.3 is 0 Å². The topological polar surface area (TPSA) is 51.8 Å². The van der Waals surface area contributed by atoms with Gasteiger partial charge in [0.1, 0.15) is 0 Å². The molecule has 0 radical (unpaired) electrons. The lowest BCUT2D eigenvalue weighted by Crippen LogP contribution is -1.98. The lowest BCUT2D eigenvalue weighted by molar-refractivity contribution is 0.900. The van der Waals surface area contributed by atoms with Gasteiger partial charge in [0.05, 0.1) is 5.69 Å². The minimum atomic E-state index is 0.849. The van der Waals surface area contributed by atoms with Crippen LogP contribution in [0.2, 0.25) is 0 Å². The van der Waals surface area contributed by atoms with Gasteiger partial charge in [0, 0.05) is 24.3 Å². The van der Waals surface area contributed by atoms with Crippen molar-refractivity contribution in [2.75, 3.05) is 5.73 Å². The second-order valence-electron chi connectivity index (χ2n) is 3.40. The van der Waals surface area contributed by atoms with Gasteiger partial charge in [-0.2, -0.15) is 0 Å². The van der Waals surface area contributed by atoms with Crippen molar-refractivity contribution in [3.63, 3.8) is 0 Å². The number of anilines is 1. The van der Waals surface area contributed by atoms with E-state index >= 15 is 0 Å². The zero-order valence-corrected chi connectivity index (χ0v) is 8.43. The normalized spacial score (nSPS) is 10.1. The van der Waals surface area contributed by atoms with Gasteiger partial charge in [-0.1, -0.05) is 18.2 Å². The number of hydrogen-bond donors (Lipinski definition) is 1. The first kappa shape index (κ1) is 9.65. The molecule has 0 aliphatic rings. The number of aryl methyl sites for hydroxylation is 2. The summed E-state index contributed by atoms with van der Waals surface area (Å²) in [5.74, 6) is 0.